The summed E-state index contributed by atoms with van der Waals surface area (Å²) in [6.45, 7) is 9.52. The Morgan fingerprint density at radius 2 is 1.89 bits per heavy atom. The van der Waals surface area contributed by atoms with Crippen LogP contribution in [-0.4, -0.2) is 59.8 Å². The first-order chi connectivity index (χ1) is 16.8. The van der Waals surface area contributed by atoms with E-state index in [2.05, 4.69) is 56.2 Å². The van der Waals surface area contributed by atoms with Crippen molar-refractivity contribution in [1.29, 1.82) is 0 Å². The first-order valence-corrected chi connectivity index (χ1v) is 11.6. The summed E-state index contributed by atoms with van der Waals surface area (Å²) in [5, 5.41) is 5.98. The maximum atomic E-state index is 13.1. The monoisotopic (exact) mass is 490 g/mol. The van der Waals surface area contributed by atoms with Crippen LogP contribution in [-0.2, 0) is 4.79 Å². The number of halogens is 1. The van der Waals surface area contributed by atoms with Crippen molar-refractivity contribution in [1.82, 2.24) is 14.9 Å². The van der Waals surface area contributed by atoms with Gasteiger partial charge < -0.3 is 20.4 Å². The molecular formula is C26H27ClN6O2. The highest BCUT2D eigenvalue weighted by molar-refractivity contribution is 6.34. The number of ketones is 1. The van der Waals surface area contributed by atoms with Gasteiger partial charge in [0.1, 0.15) is 5.69 Å². The number of hydrogen-bond donors (Lipinski definition) is 2. The number of likely N-dealkylation sites (N-methyl/N-ethyl adjacent to an activating group) is 1. The molecule has 0 aliphatic carbocycles. The van der Waals surface area contributed by atoms with Gasteiger partial charge in [0.2, 0.25) is 17.6 Å². The van der Waals surface area contributed by atoms with Gasteiger partial charge in [0.05, 0.1) is 11.2 Å². The van der Waals surface area contributed by atoms with Gasteiger partial charge in [-0.15, -0.1) is 0 Å². The molecule has 2 heterocycles. The molecule has 0 atom stereocenters. The van der Waals surface area contributed by atoms with Crippen LogP contribution in [0, 0.1) is 6.92 Å². The largest absolute Gasteiger partial charge is 0.369 e. The van der Waals surface area contributed by atoms with Gasteiger partial charge in [0.25, 0.3) is 0 Å². The molecule has 2 N–H and O–H groups in total. The first kappa shape index (κ1) is 24.4. The Hall–Kier alpha value is -3.75. The van der Waals surface area contributed by atoms with Gasteiger partial charge in [0, 0.05) is 48.8 Å². The Morgan fingerprint density at radius 1 is 1.11 bits per heavy atom. The summed E-state index contributed by atoms with van der Waals surface area (Å²) in [5.41, 5.74) is 3.95. The molecule has 1 aliphatic heterocycles. The number of rotatable bonds is 7. The minimum absolute atomic E-state index is 0.0723. The number of piperazine rings is 1. The number of carbonyl (C=O) groups is 2. The van der Waals surface area contributed by atoms with Gasteiger partial charge in [0.15, 0.2) is 0 Å². The van der Waals surface area contributed by atoms with Gasteiger partial charge >= 0.3 is 0 Å². The van der Waals surface area contributed by atoms with Crippen LogP contribution in [0.25, 0.3) is 0 Å². The van der Waals surface area contributed by atoms with E-state index in [-0.39, 0.29) is 28.4 Å². The highest BCUT2D eigenvalue weighted by Crippen LogP contribution is 2.26. The number of carbonyl (C=O) groups excluding carboxylic acids is 2. The zero-order valence-corrected chi connectivity index (χ0v) is 20.5. The van der Waals surface area contributed by atoms with Crippen molar-refractivity contribution in [2.24, 2.45) is 0 Å². The van der Waals surface area contributed by atoms with E-state index in [1.165, 1.54) is 11.9 Å². The summed E-state index contributed by atoms with van der Waals surface area (Å²) in [6.07, 6.45) is 2.56. The molecule has 35 heavy (non-hydrogen) atoms. The fourth-order valence-corrected chi connectivity index (χ4v) is 4.00. The molecule has 1 amide bonds. The van der Waals surface area contributed by atoms with E-state index in [4.69, 9.17) is 11.6 Å². The minimum atomic E-state index is -0.378. The summed E-state index contributed by atoms with van der Waals surface area (Å²) in [6, 6.07) is 12.8. The molecule has 0 spiro atoms. The normalized spacial score (nSPS) is 13.9. The molecule has 1 fully saturated rings. The molecule has 0 radical (unpaired) electrons. The third-order valence-corrected chi connectivity index (χ3v) is 6.14. The van der Waals surface area contributed by atoms with Crippen LogP contribution in [0.3, 0.4) is 0 Å². The van der Waals surface area contributed by atoms with E-state index >= 15 is 0 Å². The number of hydrogen-bond acceptors (Lipinski definition) is 7. The number of aryl methyl sites for hydroxylation is 1. The third-order valence-electron chi connectivity index (χ3n) is 5.86. The predicted molar refractivity (Wildman–Crippen MR) is 140 cm³/mol. The number of anilines is 4. The van der Waals surface area contributed by atoms with E-state index in [1.807, 2.05) is 13.0 Å². The van der Waals surface area contributed by atoms with E-state index in [0.717, 1.165) is 43.5 Å². The second-order valence-electron chi connectivity index (χ2n) is 8.41. The first-order valence-electron chi connectivity index (χ1n) is 11.3. The van der Waals surface area contributed by atoms with Crippen molar-refractivity contribution in [3.8, 4) is 0 Å². The predicted octanol–water partition coefficient (Wildman–Crippen LogP) is 4.29. The molecule has 180 valence electrons. The number of amides is 1. The van der Waals surface area contributed by atoms with E-state index < -0.39 is 0 Å². The van der Waals surface area contributed by atoms with Crippen molar-refractivity contribution < 1.29 is 9.59 Å². The molecule has 3 aromatic rings. The summed E-state index contributed by atoms with van der Waals surface area (Å²) < 4.78 is 0. The Kier molecular flexibility index (Phi) is 7.43. The van der Waals surface area contributed by atoms with Crippen LogP contribution in [0.2, 0.25) is 5.02 Å². The SMILES string of the molecule is C=CC(=O)Nc1cccc(C(=O)c2nc(Nc3ccc(N4CCN(C)CC4)cc3C)ncc2Cl)c1. The van der Waals surface area contributed by atoms with Crippen LogP contribution in [0.1, 0.15) is 21.6 Å². The lowest BCUT2D eigenvalue weighted by atomic mass is 10.1. The Labute approximate surface area is 209 Å². The van der Waals surface area contributed by atoms with Crippen molar-refractivity contribution in [2.45, 2.75) is 6.92 Å². The molecule has 0 unspecified atom stereocenters. The zero-order valence-electron chi connectivity index (χ0n) is 19.7. The van der Waals surface area contributed by atoms with Crippen molar-refractivity contribution in [3.63, 3.8) is 0 Å². The maximum absolute atomic E-state index is 13.1. The molecule has 1 saturated heterocycles. The standard InChI is InChI=1S/C26H27ClN6O2/c1-4-23(34)29-19-7-5-6-18(15-19)25(35)24-21(27)16-28-26(31-24)30-22-9-8-20(14-17(22)2)33-12-10-32(3)11-13-33/h4-9,14-16H,1,10-13H2,2-3H3,(H,29,34)(H,28,30,31). The summed E-state index contributed by atoms with van der Waals surface area (Å²) in [5.74, 6) is -0.475. The smallest absolute Gasteiger partial charge is 0.247 e. The van der Waals surface area contributed by atoms with E-state index in [1.54, 1.807) is 24.3 Å². The summed E-state index contributed by atoms with van der Waals surface area (Å²) in [4.78, 5) is 38.1. The Balaban J connectivity index is 1.53. The average Bonchev–Trinajstić information content (AvgIpc) is 2.86. The fourth-order valence-electron chi connectivity index (χ4n) is 3.82. The highest BCUT2D eigenvalue weighted by atomic mass is 35.5. The molecule has 0 bridgehead atoms. The average molecular weight is 491 g/mol. The van der Waals surface area contributed by atoms with Crippen LogP contribution in [0.15, 0.2) is 61.3 Å². The molecule has 0 saturated carbocycles. The summed E-state index contributed by atoms with van der Waals surface area (Å²) >= 11 is 6.27. The topological polar surface area (TPSA) is 90.5 Å². The van der Waals surface area contributed by atoms with Gasteiger partial charge in [-0.3, -0.25) is 9.59 Å². The number of aromatic nitrogens is 2. The van der Waals surface area contributed by atoms with Crippen molar-refractivity contribution in [3.05, 3.63) is 83.2 Å². The number of nitrogens with one attached hydrogen (secondary N) is 2. The lowest BCUT2D eigenvalue weighted by molar-refractivity contribution is -0.111. The second-order valence-corrected chi connectivity index (χ2v) is 8.82. The molecule has 2 aromatic carbocycles. The zero-order chi connectivity index (χ0) is 24.9. The quantitative estimate of drug-likeness (QED) is 0.377. The summed E-state index contributed by atoms with van der Waals surface area (Å²) in [7, 11) is 2.14. The third kappa shape index (κ3) is 5.85. The van der Waals surface area contributed by atoms with Crippen LogP contribution in [0.5, 0.6) is 0 Å². The molecular weight excluding hydrogens is 464 g/mol. The van der Waals surface area contributed by atoms with Gasteiger partial charge in [-0.2, -0.15) is 0 Å². The molecule has 8 nitrogen and oxygen atoms in total. The minimum Gasteiger partial charge on any atom is -0.369 e. The fraction of sp³-hybridized carbons (Fsp3) is 0.231. The second kappa shape index (κ2) is 10.7. The lowest BCUT2D eigenvalue weighted by Crippen LogP contribution is -2.44. The van der Waals surface area contributed by atoms with E-state index in [0.29, 0.717) is 11.3 Å². The van der Waals surface area contributed by atoms with Gasteiger partial charge in [-0.05, 0) is 55.9 Å². The van der Waals surface area contributed by atoms with Crippen molar-refractivity contribution >= 4 is 46.3 Å². The van der Waals surface area contributed by atoms with Crippen molar-refractivity contribution in [2.75, 3.05) is 48.8 Å². The maximum Gasteiger partial charge on any atom is 0.247 e. The number of benzene rings is 2. The van der Waals surface area contributed by atoms with Crippen LogP contribution < -0.4 is 15.5 Å². The van der Waals surface area contributed by atoms with Gasteiger partial charge in [-0.25, -0.2) is 9.97 Å². The molecule has 1 aliphatic rings. The van der Waals surface area contributed by atoms with Gasteiger partial charge in [-0.1, -0.05) is 30.3 Å². The van der Waals surface area contributed by atoms with E-state index in [9.17, 15) is 9.59 Å². The molecule has 9 heteroatoms. The highest BCUT2D eigenvalue weighted by Gasteiger charge is 2.18. The Morgan fingerprint density at radius 3 is 2.60 bits per heavy atom. The van der Waals surface area contributed by atoms with Crippen LogP contribution >= 0.6 is 11.6 Å². The molecule has 4 rings (SSSR count). The molecule has 1 aromatic heterocycles. The number of nitrogens with zero attached hydrogens (tertiary/aromatic N) is 4. The van der Waals surface area contributed by atoms with Crippen LogP contribution in [0.4, 0.5) is 23.0 Å². The lowest BCUT2D eigenvalue weighted by Gasteiger charge is -2.34. The Bertz CT molecular complexity index is 1270.